The lowest BCUT2D eigenvalue weighted by atomic mass is 10.0. The molecule has 1 aliphatic heterocycles. The molecular formula is C19H13BrCl2O4. The van der Waals surface area contributed by atoms with E-state index < -0.39 is 5.97 Å². The first-order valence-corrected chi connectivity index (χ1v) is 9.01. The van der Waals surface area contributed by atoms with Crippen LogP contribution < -0.4 is 9.47 Å². The number of carbonyl (C=O) groups is 1. The standard InChI is InChI=1S/C19H13BrCl2O4/c1-24-11-4-5-12(14(21)9-11)17-16(26-19(23)18(17)22)8-10-3-6-15(25-2)13(20)7-10/h3-9H,1-2H3/b16-8-. The Kier molecular flexibility index (Phi) is 5.61. The van der Waals surface area contributed by atoms with Gasteiger partial charge in [0.15, 0.2) is 0 Å². The molecule has 0 saturated heterocycles. The molecule has 4 nitrogen and oxygen atoms in total. The highest BCUT2D eigenvalue weighted by atomic mass is 79.9. The normalized spacial score (nSPS) is 15.4. The van der Waals surface area contributed by atoms with Gasteiger partial charge in [-0.2, -0.15) is 0 Å². The third kappa shape index (κ3) is 3.61. The predicted octanol–water partition coefficient (Wildman–Crippen LogP) is 5.67. The minimum atomic E-state index is -0.618. The Labute approximate surface area is 169 Å². The van der Waals surface area contributed by atoms with Crippen molar-refractivity contribution in [1.82, 2.24) is 0 Å². The number of allylic oxidation sites excluding steroid dienone is 1. The zero-order valence-electron chi connectivity index (χ0n) is 13.8. The third-order valence-corrected chi connectivity index (χ3v) is 5.04. The molecule has 0 fully saturated rings. The molecule has 1 aliphatic rings. The van der Waals surface area contributed by atoms with Crippen molar-refractivity contribution in [3.8, 4) is 11.5 Å². The van der Waals surface area contributed by atoms with Crippen LogP contribution in [0.15, 0.2) is 51.7 Å². The van der Waals surface area contributed by atoms with Crippen LogP contribution >= 0.6 is 39.1 Å². The van der Waals surface area contributed by atoms with Crippen molar-refractivity contribution in [2.75, 3.05) is 14.2 Å². The van der Waals surface area contributed by atoms with Gasteiger partial charge in [0, 0.05) is 5.56 Å². The maximum Gasteiger partial charge on any atom is 0.355 e. The summed E-state index contributed by atoms with van der Waals surface area (Å²) < 4.78 is 16.5. The van der Waals surface area contributed by atoms with Crippen molar-refractivity contribution in [1.29, 1.82) is 0 Å². The number of benzene rings is 2. The van der Waals surface area contributed by atoms with Crippen molar-refractivity contribution in [2.45, 2.75) is 0 Å². The first kappa shape index (κ1) is 18.8. The largest absolute Gasteiger partial charge is 0.497 e. The van der Waals surface area contributed by atoms with Gasteiger partial charge in [0.05, 0.1) is 29.3 Å². The maximum absolute atomic E-state index is 12.0. The highest BCUT2D eigenvalue weighted by Gasteiger charge is 2.31. The molecule has 0 radical (unpaired) electrons. The Morgan fingerprint density at radius 2 is 1.85 bits per heavy atom. The molecule has 0 saturated carbocycles. The fourth-order valence-corrected chi connectivity index (χ4v) is 3.56. The van der Waals surface area contributed by atoms with Crippen LogP contribution in [0.3, 0.4) is 0 Å². The molecule has 0 bridgehead atoms. The summed E-state index contributed by atoms with van der Waals surface area (Å²) in [5.74, 6) is 1.00. The summed E-state index contributed by atoms with van der Waals surface area (Å²) in [6.45, 7) is 0. The summed E-state index contributed by atoms with van der Waals surface area (Å²) >= 11 is 16.0. The van der Waals surface area contributed by atoms with Crippen LogP contribution in [0.5, 0.6) is 11.5 Å². The lowest BCUT2D eigenvalue weighted by molar-refractivity contribution is -0.132. The van der Waals surface area contributed by atoms with E-state index in [4.69, 9.17) is 37.4 Å². The average molecular weight is 456 g/mol. The number of rotatable bonds is 4. The van der Waals surface area contributed by atoms with Crippen molar-refractivity contribution in [3.05, 3.63) is 67.8 Å². The predicted molar refractivity (Wildman–Crippen MR) is 106 cm³/mol. The van der Waals surface area contributed by atoms with E-state index in [0.717, 1.165) is 10.0 Å². The van der Waals surface area contributed by atoms with E-state index in [1.165, 1.54) is 0 Å². The van der Waals surface area contributed by atoms with Gasteiger partial charge in [-0.15, -0.1) is 0 Å². The number of esters is 1. The highest BCUT2D eigenvalue weighted by molar-refractivity contribution is 9.10. The molecule has 2 aromatic rings. The quantitative estimate of drug-likeness (QED) is 0.557. The Hall–Kier alpha value is -1.95. The molecule has 0 aromatic heterocycles. The summed E-state index contributed by atoms with van der Waals surface area (Å²) in [6.07, 6.45) is 1.72. The molecule has 0 atom stereocenters. The number of cyclic esters (lactones) is 1. The summed E-state index contributed by atoms with van der Waals surface area (Å²) in [4.78, 5) is 12.0. The second kappa shape index (κ2) is 7.74. The molecule has 0 spiro atoms. The van der Waals surface area contributed by atoms with Gasteiger partial charge in [0.2, 0.25) is 0 Å². The fraction of sp³-hybridized carbons (Fsp3) is 0.105. The van der Waals surface area contributed by atoms with E-state index in [2.05, 4.69) is 15.9 Å². The minimum Gasteiger partial charge on any atom is -0.497 e. The zero-order valence-corrected chi connectivity index (χ0v) is 16.9. The SMILES string of the molecule is COc1ccc(C2=C(Cl)C(=O)O/C2=C\c2ccc(OC)c(Br)c2)c(Cl)c1. The van der Waals surface area contributed by atoms with Crippen LogP contribution in [0.4, 0.5) is 0 Å². The monoisotopic (exact) mass is 454 g/mol. The third-order valence-electron chi connectivity index (χ3n) is 3.77. The van der Waals surface area contributed by atoms with Crippen LogP contribution in [0, 0.1) is 0 Å². The second-order valence-electron chi connectivity index (χ2n) is 5.33. The van der Waals surface area contributed by atoms with Gasteiger partial charge in [-0.05, 0) is 57.9 Å². The summed E-state index contributed by atoms with van der Waals surface area (Å²) in [5.41, 5.74) is 1.83. The van der Waals surface area contributed by atoms with Crippen molar-refractivity contribution in [2.24, 2.45) is 0 Å². The first-order chi connectivity index (χ1) is 12.4. The molecule has 26 heavy (non-hydrogen) atoms. The topological polar surface area (TPSA) is 44.8 Å². The molecule has 134 valence electrons. The molecule has 1 heterocycles. The van der Waals surface area contributed by atoms with Crippen molar-refractivity contribution < 1.29 is 19.0 Å². The van der Waals surface area contributed by atoms with Gasteiger partial charge in [-0.3, -0.25) is 0 Å². The van der Waals surface area contributed by atoms with Gasteiger partial charge in [0.25, 0.3) is 0 Å². The fourth-order valence-electron chi connectivity index (χ4n) is 2.51. The molecule has 2 aromatic carbocycles. The number of hydrogen-bond acceptors (Lipinski definition) is 4. The number of ether oxygens (including phenoxy) is 3. The zero-order chi connectivity index (χ0) is 18.8. The Morgan fingerprint density at radius 3 is 2.46 bits per heavy atom. The average Bonchev–Trinajstić information content (AvgIpc) is 2.89. The van der Waals surface area contributed by atoms with Crippen LogP contribution in [0.25, 0.3) is 11.6 Å². The van der Waals surface area contributed by atoms with Crippen molar-refractivity contribution in [3.63, 3.8) is 0 Å². The molecule has 0 amide bonds. The van der Waals surface area contributed by atoms with E-state index in [1.54, 1.807) is 44.6 Å². The Morgan fingerprint density at radius 1 is 1.08 bits per heavy atom. The molecular weight excluding hydrogens is 443 g/mol. The number of carbonyl (C=O) groups excluding carboxylic acids is 1. The summed E-state index contributed by atoms with van der Waals surface area (Å²) in [7, 11) is 3.13. The van der Waals surface area contributed by atoms with Gasteiger partial charge < -0.3 is 14.2 Å². The van der Waals surface area contributed by atoms with E-state index in [1.807, 2.05) is 12.1 Å². The number of hydrogen-bond donors (Lipinski definition) is 0. The van der Waals surface area contributed by atoms with Crippen LogP contribution in [-0.2, 0) is 9.53 Å². The molecule has 3 rings (SSSR count). The van der Waals surface area contributed by atoms with Crippen LogP contribution in [-0.4, -0.2) is 20.2 Å². The van der Waals surface area contributed by atoms with Gasteiger partial charge in [-0.1, -0.05) is 29.3 Å². The number of methoxy groups -OCH3 is 2. The van der Waals surface area contributed by atoms with Crippen LogP contribution in [0.2, 0.25) is 5.02 Å². The van der Waals surface area contributed by atoms with E-state index in [0.29, 0.717) is 33.4 Å². The van der Waals surface area contributed by atoms with Crippen LogP contribution in [0.1, 0.15) is 11.1 Å². The van der Waals surface area contributed by atoms with Gasteiger partial charge >= 0.3 is 5.97 Å². The summed E-state index contributed by atoms with van der Waals surface area (Å²) in [5, 5.41) is 0.383. The maximum atomic E-state index is 12.0. The Bertz CT molecular complexity index is 951. The van der Waals surface area contributed by atoms with E-state index in [9.17, 15) is 4.79 Å². The lowest BCUT2D eigenvalue weighted by Gasteiger charge is -2.09. The second-order valence-corrected chi connectivity index (χ2v) is 6.97. The summed E-state index contributed by atoms with van der Waals surface area (Å²) in [6, 6.07) is 10.6. The minimum absolute atomic E-state index is 0.0177. The highest BCUT2D eigenvalue weighted by Crippen LogP contribution is 2.41. The first-order valence-electron chi connectivity index (χ1n) is 7.46. The molecule has 0 N–H and O–H groups in total. The molecule has 0 unspecified atom stereocenters. The smallest absolute Gasteiger partial charge is 0.355 e. The van der Waals surface area contributed by atoms with Gasteiger partial charge in [0.1, 0.15) is 22.3 Å². The lowest BCUT2D eigenvalue weighted by Crippen LogP contribution is -1.93. The van der Waals surface area contributed by atoms with Crippen molar-refractivity contribution >= 4 is 56.8 Å². The number of halogens is 3. The van der Waals surface area contributed by atoms with E-state index in [-0.39, 0.29) is 5.03 Å². The molecule has 0 aliphatic carbocycles. The van der Waals surface area contributed by atoms with Gasteiger partial charge in [-0.25, -0.2) is 4.79 Å². The Balaban J connectivity index is 2.07. The van der Waals surface area contributed by atoms with E-state index >= 15 is 0 Å². The molecule has 7 heteroatoms.